The largest absolute Gasteiger partial charge is 0.350 e. The van der Waals surface area contributed by atoms with E-state index in [4.69, 9.17) is 5.73 Å². The fourth-order valence-electron chi connectivity index (χ4n) is 0.999. The number of amides is 3. The fourth-order valence-corrected chi connectivity index (χ4v) is 0.999. The molecule has 4 N–H and O–H groups in total. The first-order valence-electron chi connectivity index (χ1n) is 4.12. The summed E-state index contributed by atoms with van der Waals surface area (Å²) >= 11 is 0. The number of hydrazine groups is 1. The van der Waals surface area contributed by atoms with E-state index in [1.165, 1.54) is 18.2 Å². The predicted octanol–water partition coefficient (Wildman–Crippen LogP) is 0.447. The third-order valence-electron chi connectivity index (χ3n) is 1.67. The molecule has 0 aliphatic carbocycles. The van der Waals surface area contributed by atoms with Crippen molar-refractivity contribution in [3.63, 3.8) is 0 Å². The lowest BCUT2D eigenvalue weighted by Crippen LogP contribution is -2.44. The maximum atomic E-state index is 13.1. The summed E-state index contributed by atoms with van der Waals surface area (Å²) in [5.74, 6) is -1.42. The van der Waals surface area contributed by atoms with Gasteiger partial charge in [-0.1, -0.05) is 11.6 Å². The van der Waals surface area contributed by atoms with Gasteiger partial charge in [-0.05, 0) is 19.1 Å². The number of halogens is 1. The number of aryl methyl sites for hydroxylation is 1. The Morgan fingerprint density at radius 3 is 2.60 bits per heavy atom. The molecule has 1 rings (SSSR count). The number of primary amides is 1. The summed E-state index contributed by atoms with van der Waals surface area (Å²) in [6.07, 6.45) is 0. The molecule has 6 heteroatoms. The Balaban J connectivity index is 2.81. The monoisotopic (exact) mass is 211 g/mol. The second-order valence-corrected chi connectivity index (χ2v) is 2.93. The van der Waals surface area contributed by atoms with Crippen molar-refractivity contribution in [2.45, 2.75) is 6.92 Å². The molecule has 80 valence electrons. The van der Waals surface area contributed by atoms with Gasteiger partial charge in [0.2, 0.25) is 0 Å². The highest BCUT2D eigenvalue weighted by Crippen LogP contribution is 2.09. The highest BCUT2D eigenvalue weighted by molar-refractivity contribution is 5.95. The molecule has 15 heavy (non-hydrogen) atoms. The van der Waals surface area contributed by atoms with Gasteiger partial charge in [0.15, 0.2) is 0 Å². The number of hydrogen-bond donors (Lipinski definition) is 3. The van der Waals surface area contributed by atoms with Crippen molar-refractivity contribution in [3.05, 3.63) is 35.1 Å². The molecule has 0 saturated carbocycles. The van der Waals surface area contributed by atoms with Crippen LogP contribution in [0.5, 0.6) is 0 Å². The summed E-state index contributed by atoms with van der Waals surface area (Å²) in [6, 6.07) is 3.16. The molecule has 0 heterocycles. The Morgan fingerprint density at radius 1 is 1.33 bits per heavy atom. The van der Waals surface area contributed by atoms with Gasteiger partial charge in [0, 0.05) is 0 Å². The third kappa shape index (κ3) is 2.94. The van der Waals surface area contributed by atoms with Gasteiger partial charge in [-0.3, -0.25) is 10.2 Å². The van der Waals surface area contributed by atoms with Crippen LogP contribution in [-0.2, 0) is 0 Å². The smallest absolute Gasteiger partial charge is 0.330 e. The molecule has 0 saturated heterocycles. The molecular formula is C9H10FN3O2. The molecule has 0 atom stereocenters. The van der Waals surface area contributed by atoms with E-state index in [0.29, 0.717) is 0 Å². The molecular weight excluding hydrogens is 201 g/mol. The summed E-state index contributed by atoms with van der Waals surface area (Å²) in [5.41, 5.74) is 9.14. The lowest BCUT2D eigenvalue weighted by atomic mass is 10.1. The molecule has 0 aromatic heterocycles. The number of hydrogen-bond acceptors (Lipinski definition) is 2. The number of rotatable bonds is 1. The second kappa shape index (κ2) is 4.41. The Bertz CT molecular complexity index is 406. The summed E-state index contributed by atoms with van der Waals surface area (Å²) in [7, 11) is 0. The van der Waals surface area contributed by atoms with Crippen LogP contribution < -0.4 is 16.6 Å². The Labute approximate surface area is 85.4 Å². The van der Waals surface area contributed by atoms with E-state index in [-0.39, 0.29) is 5.56 Å². The van der Waals surface area contributed by atoms with Gasteiger partial charge in [-0.15, -0.1) is 0 Å². The first-order valence-corrected chi connectivity index (χ1v) is 4.12. The van der Waals surface area contributed by atoms with Crippen LogP contribution in [0.25, 0.3) is 0 Å². The predicted molar refractivity (Wildman–Crippen MR) is 51.3 cm³/mol. The number of carbonyl (C=O) groups excluding carboxylic acids is 2. The van der Waals surface area contributed by atoms with Gasteiger partial charge in [0.05, 0.1) is 5.56 Å². The van der Waals surface area contributed by atoms with Crippen LogP contribution in [0, 0.1) is 12.7 Å². The van der Waals surface area contributed by atoms with E-state index in [9.17, 15) is 14.0 Å². The van der Waals surface area contributed by atoms with Crippen LogP contribution in [0.1, 0.15) is 15.9 Å². The van der Waals surface area contributed by atoms with Gasteiger partial charge in [-0.25, -0.2) is 14.6 Å². The molecule has 0 bridgehead atoms. The average Bonchev–Trinajstić information content (AvgIpc) is 2.18. The molecule has 5 nitrogen and oxygen atoms in total. The summed E-state index contributed by atoms with van der Waals surface area (Å²) < 4.78 is 13.1. The quantitative estimate of drug-likeness (QED) is 0.589. The minimum atomic E-state index is -0.920. The molecule has 0 fully saturated rings. The average molecular weight is 211 g/mol. The van der Waals surface area contributed by atoms with Crippen molar-refractivity contribution >= 4 is 11.9 Å². The Morgan fingerprint density at radius 2 is 2.00 bits per heavy atom. The van der Waals surface area contributed by atoms with Crippen molar-refractivity contribution < 1.29 is 14.0 Å². The molecule has 0 aliphatic heterocycles. The normalized spacial score (nSPS) is 9.47. The minimum Gasteiger partial charge on any atom is -0.350 e. The second-order valence-electron chi connectivity index (χ2n) is 2.93. The van der Waals surface area contributed by atoms with Crippen LogP contribution in [-0.4, -0.2) is 11.9 Å². The number of urea groups is 1. The SMILES string of the molecule is Cc1ccc(F)c(C(=O)NNC(N)=O)c1. The fraction of sp³-hybridized carbons (Fsp3) is 0.111. The summed E-state index contributed by atoms with van der Waals surface area (Å²) in [6.45, 7) is 1.72. The minimum absolute atomic E-state index is 0.149. The molecule has 0 unspecified atom stereocenters. The first-order chi connectivity index (χ1) is 7.00. The lowest BCUT2D eigenvalue weighted by molar-refractivity contribution is 0.0933. The number of carbonyl (C=O) groups is 2. The van der Waals surface area contributed by atoms with Crippen LogP contribution in [0.15, 0.2) is 18.2 Å². The zero-order valence-electron chi connectivity index (χ0n) is 8.00. The van der Waals surface area contributed by atoms with Crippen molar-refractivity contribution in [2.75, 3.05) is 0 Å². The van der Waals surface area contributed by atoms with Crippen molar-refractivity contribution in [1.29, 1.82) is 0 Å². The zero-order chi connectivity index (χ0) is 11.4. The number of nitrogens with two attached hydrogens (primary N) is 1. The lowest BCUT2D eigenvalue weighted by Gasteiger charge is -2.06. The van der Waals surface area contributed by atoms with Gasteiger partial charge in [-0.2, -0.15) is 0 Å². The van der Waals surface area contributed by atoms with E-state index in [1.807, 2.05) is 10.9 Å². The van der Waals surface area contributed by atoms with Crippen LogP contribution >= 0.6 is 0 Å². The maximum Gasteiger partial charge on any atom is 0.330 e. The Kier molecular flexibility index (Phi) is 3.22. The highest BCUT2D eigenvalue weighted by atomic mass is 19.1. The molecule has 3 amide bonds. The van der Waals surface area contributed by atoms with Crippen LogP contribution in [0.3, 0.4) is 0 Å². The topological polar surface area (TPSA) is 84.2 Å². The standard InChI is InChI=1S/C9H10FN3O2/c1-5-2-3-7(10)6(4-5)8(14)12-13-9(11)15/h2-4H,1H3,(H,12,14)(H3,11,13,15). The van der Waals surface area contributed by atoms with E-state index < -0.39 is 17.8 Å². The van der Waals surface area contributed by atoms with Gasteiger partial charge < -0.3 is 5.73 Å². The van der Waals surface area contributed by atoms with Crippen molar-refractivity contribution in [2.24, 2.45) is 5.73 Å². The summed E-state index contributed by atoms with van der Waals surface area (Å²) in [4.78, 5) is 21.6. The van der Waals surface area contributed by atoms with Crippen LogP contribution in [0.4, 0.5) is 9.18 Å². The van der Waals surface area contributed by atoms with Crippen molar-refractivity contribution in [3.8, 4) is 0 Å². The maximum absolute atomic E-state index is 13.1. The molecule has 1 aromatic carbocycles. The van der Waals surface area contributed by atoms with Gasteiger partial charge in [0.1, 0.15) is 5.82 Å². The van der Waals surface area contributed by atoms with Gasteiger partial charge in [0.25, 0.3) is 5.91 Å². The van der Waals surface area contributed by atoms with E-state index in [0.717, 1.165) is 5.56 Å². The molecule has 0 aliphatic rings. The summed E-state index contributed by atoms with van der Waals surface area (Å²) in [5, 5.41) is 0. The zero-order valence-corrected chi connectivity index (χ0v) is 8.00. The molecule has 1 aromatic rings. The van der Waals surface area contributed by atoms with Gasteiger partial charge >= 0.3 is 6.03 Å². The highest BCUT2D eigenvalue weighted by Gasteiger charge is 2.11. The molecule has 0 spiro atoms. The first kappa shape index (κ1) is 11.0. The molecule has 0 radical (unpaired) electrons. The van der Waals surface area contributed by atoms with Crippen molar-refractivity contribution in [1.82, 2.24) is 10.9 Å². The number of nitrogens with one attached hydrogen (secondary N) is 2. The van der Waals surface area contributed by atoms with E-state index in [2.05, 4.69) is 0 Å². The van der Waals surface area contributed by atoms with Crippen LogP contribution in [0.2, 0.25) is 0 Å². The Hall–Kier alpha value is -2.11. The van der Waals surface area contributed by atoms with E-state index in [1.54, 1.807) is 6.92 Å². The number of benzene rings is 1. The third-order valence-corrected chi connectivity index (χ3v) is 1.67. The van der Waals surface area contributed by atoms with E-state index >= 15 is 0 Å².